The predicted molar refractivity (Wildman–Crippen MR) is 91.3 cm³/mol. The molecule has 1 amide bonds. The first-order valence-corrected chi connectivity index (χ1v) is 8.65. The summed E-state index contributed by atoms with van der Waals surface area (Å²) in [6.07, 6.45) is 0.766. The van der Waals surface area contributed by atoms with E-state index in [-0.39, 0.29) is 11.9 Å². The Morgan fingerprint density at radius 2 is 2.14 bits per heavy atom. The number of aliphatic hydroxyl groups is 1. The minimum absolute atomic E-state index is 0.0553. The fraction of sp³-hybridized carbons (Fsp3) is 0.500. The summed E-state index contributed by atoms with van der Waals surface area (Å²) in [4.78, 5) is 14.3. The standard InChI is InChI=1S/C16H21NO2S2/c1-3-14(18)11(2)15(19)17-13(10-21-16(17)20)9-12-7-5-4-6-8-12/h4-8,11,13-14,18H,3,9-10H2,1-2H3/t11-,13+,14+/m1/s1. The average Bonchev–Trinajstić information content (AvgIpc) is 2.86. The number of carbonyl (C=O) groups excluding carboxylic acids is 1. The van der Waals surface area contributed by atoms with Crippen molar-refractivity contribution in [2.75, 3.05) is 5.75 Å². The first kappa shape index (κ1) is 16.5. The van der Waals surface area contributed by atoms with Crippen LogP contribution in [0.15, 0.2) is 30.3 Å². The van der Waals surface area contributed by atoms with E-state index in [1.54, 1.807) is 23.6 Å². The Morgan fingerprint density at radius 1 is 1.48 bits per heavy atom. The quantitative estimate of drug-likeness (QED) is 0.846. The molecule has 1 saturated heterocycles. The third-order valence-corrected chi connectivity index (χ3v) is 5.44. The van der Waals surface area contributed by atoms with Crippen LogP contribution in [-0.4, -0.2) is 38.1 Å². The van der Waals surface area contributed by atoms with Crippen LogP contribution in [-0.2, 0) is 11.2 Å². The summed E-state index contributed by atoms with van der Waals surface area (Å²) in [6, 6.07) is 10.2. The maximum atomic E-state index is 12.6. The largest absolute Gasteiger partial charge is 0.392 e. The average molecular weight is 323 g/mol. The van der Waals surface area contributed by atoms with Gasteiger partial charge in [0.05, 0.1) is 18.1 Å². The first-order chi connectivity index (χ1) is 10.0. The molecule has 3 atom stereocenters. The van der Waals surface area contributed by atoms with Crippen molar-refractivity contribution in [3.63, 3.8) is 0 Å². The van der Waals surface area contributed by atoms with E-state index in [2.05, 4.69) is 12.1 Å². The van der Waals surface area contributed by atoms with Gasteiger partial charge in [0, 0.05) is 5.75 Å². The number of hydrogen-bond acceptors (Lipinski definition) is 4. The van der Waals surface area contributed by atoms with E-state index in [9.17, 15) is 9.90 Å². The monoisotopic (exact) mass is 323 g/mol. The van der Waals surface area contributed by atoms with Gasteiger partial charge in [-0.2, -0.15) is 0 Å². The molecule has 3 nitrogen and oxygen atoms in total. The van der Waals surface area contributed by atoms with Crippen molar-refractivity contribution < 1.29 is 9.90 Å². The SMILES string of the molecule is CC[C@H](O)[C@@H](C)C(=O)N1C(=S)SC[C@@H]1Cc1ccccc1. The first-order valence-electron chi connectivity index (χ1n) is 7.26. The molecule has 0 unspecified atom stereocenters. The predicted octanol–water partition coefficient (Wildman–Crippen LogP) is 2.87. The molecule has 2 rings (SSSR count). The second kappa shape index (κ2) is 7.38. The van der Waals surface area contributed by atoms with Crippen molar-refractivity contribution in [2.45, 2.75) is 38.8 Å². The lowest BCUT2D eigenvalue weighted by Crippen LogP contribution is -2.45. The number of thioether (sulfide) groups is 1. The summed E-state index contributed by atoms with van der Waals surface area (Å²) in [5.74, 6) is 0.360. The van der Waals surface area contributed by atoms with Gasteiger partial charge >= 0.3 is 0 Å². The number of benzene rings is 1. The highest BCUT2D eigenvalue weighted by molar-refractivity contribution is 8.23. The zero-order valence-corrected chi connectivity index (χ0v) is 14.0. The van der Waals surface area contributed by atoms with Crippen molar-refractivity contribution in [2.24, 2.45) is 5.92 Å². The highest BCUT2D eigenvalue weighted by Gasteiger charge is 2.37. The lowest BCUT2D eigenvalue weighted by molar-refractivity contribution is -0.135. The van der Waals surface area contributed by atoms with Gasteiger partial charge in [-0.25, -0.2) is 0 Å². The number of nitrogens with zero attached hydrogens (tertiary/aromatic N) is 1. The van der Waals surface area contributed by atoms with Crippen molar-refractivity contribution in [1.82, 2.24) is 4.90 Å². The fourth-order valence-electron chi connectivity index (χ4n) is 2.50. The van der Waals surface area contributed by atoms with Crippen LogP contribution in [0.4, 0.5) is 0 Å². The number of carbonyl (C=O) groups is 1. The molecule has 1 aromatic rings. The Balaban J connectivity index is 2.11. The smallest absolute Gasteiger partial charge is 0.233 e. The minimum atomic E-state index is -0.608. The van der Waals surface area contributed by atoms with Crippen LogP contribution in [0.1, 0.15) is 25.8 Å². The van der Waals surface area contributed by atoms with Gasteiger partial charge in [0.2, 0.25) is 5.91 Å². The zero-order valence-electron chi connectivity index (χ0n) is 12.4. The van der Waals surface area contributed by atoms with Gasteiger partial charge in [-0.3, -0.25) is 9.69 Å². The van der Waals surface area contributed by atoms with Crippen LogP contribution in [0, 0.1) is 5.92 Å². The minimum Gasteiger partial charge on any atom is -0.392 e. The molecule has 0 spiro atoms. The Bertz CT molecular complexity index is 506. The number of rotatable bonds is 5. The van der Waals surface area contributed by atoms with Gasteiger partial charge in [-0.1, -0.05) is 68.2 Å². The lowest BCUT2D eigenvalue weighted by atomic mass is 9.99. The lowest BCUT2D eigenvalue weighted by Gasteiger charge is -2.28. The summed E-state index contributed by atoms with van der Waals surface area (Å²) in [6.45, 7) is 3.66. The van der Waals surface area contributed by atoms with Gasteiger partial charge in [-0.15, -0.1) is 0 Å². The van der Waals surface area contributed by atoms with Crippen LogP contribution >= 0.6 is 24.0 Å². The van der Waals surface area contributed by atoms with Gasteiger partial charge in [0.1, 0.15) is 4.32 Å². The normalized spacial score (nSPS) is 21.4. The zero-order chi connectivity index (χ0) is 15.4. The van der Waals surface area contributed by atoms with E-state index in [0.717, 1.165) is 12.2 Å². The third-order valence-electron chi connectivity index (χ3n) is 3.90. The Morgan fingerprint density at radius 3 is 2.76 bits per heavy atom. The molecule has 1 N–H and O–H groups in total. The van der Waals surface area contributed by atoms with Crippen molar-refractivity contribution in [3.8, 4) is 0 Å². The van der Waals surface area contributed by atoms with Crippen molar-refractivity contribution >= 4 is 34.2 Å². The molecule has 114 valence electrons. The van der Waals surface area contributed by atoms with E-state index in [1.165, 1.54) is 5.56 Å². The second-order valence-electron chi connectivity index (χ2n) is 5.39. The molecule has 0 bridgehead atoms. The summed E-state index contributed by atoms with van der Waals surface area (Å²) in [5.41, 5.74) is 1.20. The molecule has 0 saturated carbocycles. The molecule has 0 aromatic heterocycles. The van der Waals surface area contributed by atoms with E-state index < -0.39 is 12.0 Å². The van der Waals surface area contributed by atoms with Crippen LogP contribution in [0.5, 0.6) is 0 Å². The number of amides is 1. The molecule has 1 fully saturated rings. The molecule has 21 heavy (non-hydrogen) atoms. The molecule has 5 heteroatoms. The topological polar surface area (TPSA) is 40.5 Å². The maximum absolute atomic E-state index is 12.6. The van der Waals surface area contributed by atoms with Crippen molar-refractivity contribution in [3.05, 3.63) is 35.9 Å². The number of aliphatic hydroxyl groups excluding tert-OH is 1. The van der Waals surface area contributed by atoms with E-state index >= 15 is 0 Å². The molecular weight excluding hydrogens is 302 g/mol. The number of thiocarbonyl (C=S) groups is 1. The molecule has 1 aliphatic heterocycles. The highest BCUT2D eigenvalue weighted by Crippen LogP contribution is 2.29. The van der Waals surface area contributed by atoms with Gasteiger partial charge in [0.25, 0.3) is 0 Å². The molecule has 1 heterocycles. The Hall–Kier alpha value is -0.910. The highest BCUT2D eigenvalue weighted by atomic mass is 32.2. The van der Waals surface area contributed by atoms with Crippen LogP contribution in [0.3, 0.4) is 0 Å². The molecule has 1 aromatic carbocycles. The summed E-state index contributed by atoms with van der Waals surface area (Å²) >= 11 is 6.89. The summed E-state index contributed by atoms with van der Waals surface area (Å²) in [7, 11) is 0. The van der Waals surface area contributed by atoms with Gasteiger partial charge < -0.3 is 5.11 Å². The molecule has 0 radical (unpaired) electrons. The summed E-state index contributed by atoms with van der Waals surface area (Å²) < 4.78 is 0.635. The molecule has 1 aliphatic rings. The second-order valence-corrected chi connectivity index (χ2v) is 7.05. The van der Waals surface area contributed by atoms with Crippen LogP contribution in [0.2, 0.25) is 0 Å². The summed E-state index contributed by atoms with van der Waals surface area (Å²) in [5, 5.41) is 9.92. The Labute approximate surface area is 135 Å². The molecule has 0 aliphatic carbocycles. The van der Waals surface area contributed by atoms with E-state index in [0.29, 0.717) is 10.7 Å². The third kappa shape index (κ3) is 3.84. The Kier molecular flexibility index (Phi) is 5.79. The van der Waals surface area contributed by atoms with Crippen LogP contribution < -0.4 is 0 Å². The van der Waals surface area contributed by atoms with E-state index in [4.69, 9.17) is 12.2 Å². The molecular formula is C16H21NO2S2. The van der Waals surface area contributed by atoms with E-state index in [1.807, 2.05) is 25.1 Å². The number of hydrogen-bond donors (Lipinski definition) is 1. The van der Waals surface area contributed by atoms with Crippen LogP contribution in [0.25, 0.3) is 0 Å². The van der Waals surface area contributed by atoms with Crippen molar-refractivity contribution in [1.29, 1.82) is 0 Å². The fourth-order valence-corrected chi connectivity index (χ4v) is 3.93. The van der Waals surface area contributed by atoms with Gasteiger partial charge in [0.15, 0.2) is 0 Å². The van der Waals surface area contributed by atoms with Gasteiger partial charge in [-0.05, 0) is 18.4 Å². The maximum Gasteiger partial charge on any atom is 0.233 e.